The molecule has 0 aliphatic carbocycles. The molecule has 7 heteroatoms. The molecule has 0 radical (unpaired) electrons. The molecule has 0 aromatic carbocycles. The van der Waals surface area contributed by atoms with Crippen LogP contribution in [0.2, 0.25) is 0 Å². The maximum absolute atomic E-state index is 6.49. The van der Waals surface area contributed by atoms with E-state index in [1.54, 1.807) is 12.4 Å². The highest BCUT2D eigenvalue weighted by atomic mass is 15.3. The predicted octanol–water partition coefficient (Wildman–Crippen LogP) is 0.775. The molecule has 7 nitrogen and oxygen atoms in total. The molecule has 1 fully saturated rings. The number of H-pyrrole nitrogens is 1. The van der Waals surface area contributed by atoms with Gasteiger partial charge in [0.1, 0.15) is 11.6 Å². The third kappa shape index (κ3) is 2.58. The first-order chi connectivity index (χ1) is 11.1. The van der Waals surface area contributed by atoms with E-state index in [1.165, 1.54) is 0 Å². The summed E-state index contributed by atoms with van der Waals surface area (Å²) in [7, 11) is 2.14. The quantitative estimate of drug-likeness (QED) is 0.763. The van der Waals surface area contributed by atoms with Crippen molar-refractivity contribution in [2.45, 2.75) is 5.79 Å². The van der Waals surface area contributed by atoms with Gasteiger partial charge in [0.05, 0.1) is 0 Å². The van der Waals surface area contributed by atoms with Crippen molar-refractivity contribution in [3.8, 4) is 0 Å². The van der Waals surface area contributed by atoms with Gasteiger partial charge >= 0.3 is 0 Å². The second-order valence-electron chi connectivity index (χ2n) is 6.15. The summed E-state index contributed by atoms with van der Waals surface area (Å²) in [5.74, 6) is 0.873. The number of aromatic amines is 1. The molecule has 4 N–H and O–H groups in total. The minimum absolute atomic E-state index is 0.889. The molecule has 2 aromatic rings. The van der Waals surface area contributed by atoms with Crippen LogP contribution in [0.1, 0.15) is 11.1 Å². The number of hydrogen-bond acceptors (Lipinski definition) is 6. The largest absolute Gasteiger partial charge is 0.354 e. The molecule has 1 atom stereocenters. The van der Waals surface area contributed by atoms with E-state index in [0.29, 0.717) is 0 Å². The molecule has 1 unspecified atom stereocenters. The molecule has 2 aliphatic heterocycles. The van der Waals surface area contributed by atoms with Gasteiger partial charge in [0.15, 0.2) is 0 Å². The SMILES string of the molecule is CN1CCN(c2cc(C3(N)N=Cc4cc[nH]c4N3)ccn2)CC1. The third-order valence-electron chi connectivity index (χ3n) is 4.51. The molecule has 4 rings (SSSR count). The number of aromatic nitrogens is 2. The molecule has 120 valence electrons. The van der Waals surface area contributed by atoms with Crippen LogP contribution in [0.3, 0.4) is 0 Å². The lowest BCUT2D eigenvalue weighted by Crippen LogP contribution is -2.46. The average molecular weight is 311 g/mol. The maximum atomic E-state index is 6.49. The number of nitrogens with one attached hydrogen (secondary N) is 2. The summed E-state index contributed by atoms with van der Waals surface area (Å²) >= 11 is 0. The average Bonchev–Trinajstić information content (AvgIpc) is 3.03. The molecule has 0 saturated carbocycles. The summed E-state index contributed by atoms with van der Waals surface area (Å²) in [5.41, 5.74) is 8.41. The number of fused-ring (bicyclic) bond motifs is 1. The van der Waals surface area contributed by atoms with Gasteiger partial charge < -0.3 is 20.1 Å². The molecule has 2 aliphatic rings. The van der Waals surface area contributed by atoms with E-state index < -0.39 is 5.79 Å². The van der Waals surface area contributed by atoms with Crippen LogP contribution in [0.4, 0.5) is 11.6 Å². The Morgan fingerprint density at radius 1 is 1.22 bits per heavy atom. The smallest absolute Gasteiger partial charge is 0.210 e. The molecule has 0 amide bonds. The van der Waals surface area contributed by atoms with Crippen molar-refractivity contribution < 1.29 is 0 Å². The molecule has 1 saturated heterocycles. The summed E-state index contributed by atoms with van der Waals surface area (Å²) in [5, 5.41) is 3.28. The zero-order chi connectivity index (χ0) is 15.9. The van der Waals surface area contributed by atoms with E-state index in [9.17, 15) is 0 Å². The van der Waals surface area contributed by atoms with Gasteiger partial charge in [0.2, 0.25) is 5.79 Å². The standard InChI is InChI=1S/C16H21N7/c1-22-6-8-23(9-7-22)14-10-13(3-5-18-14)16(17)20-11-12-2-4-19-15(12)21-16/h2-5,10-11,19,21H,6-9,17H2,1H3. The Hall–Kier alpha value is -2.38. The lowest BCUT2D eigenvalue weighted by molar-refractivity contribution is 0.312. The number of nitrogens with two attached hydrogens (primary N) is 1. The first-order valence-electron chi connectivity index (χ1n) is 7.84. The summed E-state index contributed by atoms with van der Waals surface area (Å²) in [4.78, 5) is 16.8. The summed E-state index contributed by atoms with van der Waals surface area (Å²) in [6.07, 6.45) is 5.48. The molecule has 23 heavy (non-hydrogen) atoms. The fraction of sp³-hybridized carbons (Fsp3) is 0.375. The Balaban J connectivity index is 1.61. The highest BCUT2D eigenvalue weighted by molar-refractivity contribution is 5.89. The topological polar surface area (TPSA) is 85.6 Å². The molecule has 4 heterocycles. The fourth-order valence-electron chi connectivity index (χ4n) is 3.00. The van der Waals surface area contributed by atoms with E-state index in [4.69, 9.17) is 5.73 Å². The van der Waals surface area contributed by atoms with Gasteiger partial charge in [-0.25, -0.2) is 9.98 Å². The van der Waals surface area contributed by atoms with Crippen molar-refractivity contribution in [1.29, 1.82) is 0 Å². The van der Waals surface area contributed by atoms with Gasteiger partial charge in [-0.05, 0) is 25.2 Å². The maximum Gasteiger partial charge on any atom is 0.210 e. The van der Waals surface area contributed by atoms with E-state index in [-0.39, 0.29) is 0 Å². The fourth-order valence-corrected chi connectivity index (χ4v) is 3.00. The highest BCUT2D eigenvalue weighted by Crippen LogP contribution is 2.29. The van der Waals surface area contributed by atoms with E-state index in [1.807, 2.05) is 24.4 Å². The highest BCUT2D eigenvalue weighted by Gasteiger charge is 2.31. The van der Waals surface area contributed by atoms with Crippen LogP contribution < -0.4 is 16.0 Å². The predicted molar refractivity (Wildman–Crippen MR) is 91.8 cm³/mol. The molecular weight excluding hydrogens is 290 g/mol. The molecule has 0 bridgehead atoms. The lowest BCUT2D eigenvalue weighted by atomic mass is 10.1. The number of anilines is 2. The number of aliphatic imine (C=N–C) groups is 1. The van der Waals surface area contributed by atoms with Gasteiger partial charge in [0, 0.05) is 55.9 Å². The van der Waals surface area contributed by atoms with Gasteiger partial charge in [-0.15, -0.1) is 0 Å². The number of rotatable bonds is 2. The number of nitrogens with zero attached hydrogens (tertiary/aromatic N) is 4. The number of likely N-dealkylation sites (N-methyl/N-ethyl adjacent to an activating group) is 1. The van der Waals surface area contributed by atoms with Crippen LogP contribution in [0.5, 0.6) is 0 Å². The van der Waals surface area contributed by atoms with Crippen LogP contribution >= 0.6 is 0 Å². The summed E-state index contributed by atoms with van der Waals surface area (Å²) in [6, 6.07) is 5.91. The summed E-state index contributed by atoms with van der Waals surface area (Å²) < 4.78 is 0. The van der Waals surface area contributed by atoms with Crippen LogP contribution in [0.25, 0.3) is 0 Å². The Morgan fingerprint density at radius 2 is 2.04 bits per heavy atom. The molecule has 0 spiro atoms. The zero-order valence-electron chi connectivity index (χ0n) is 13.2. The van der Waals surface area contributed by atoms with Crippen molar-refractivity contribution in [1.82, 2.24) is 14.9 Å². The lowest BCUT2D eigenvalue weighted by Gasteiger charge is -2.34. The number of piperazine rings is 1. The van der Waals surface area contributed by atoms with E-state index in [2.05, 4.69) is 37.1 Å². The van der Waals surface area contributed by atoms with Crippen molar-refractivity contribution in [3.05, 3.63) is 41.7 Å². The molecular formula is C16H21N7. The second-order valence-corrected chi connectivity index (χ2v) is 6.15. The minimum atomic E-state index is -0.970. The van der Waals surface area contributed by atoms with Gasteiger partial charge in [-0.1, -0.05) is 0 Å². The van der Waals surface area contributed by atoms with E-state index >= 15 is 0 Å². The molecule has 2 aromatic heterocycles. The Kier molecular flexibility index (Phi) is 3.32. The summed E-state index contributed by atoms with van der Waals surface area (Å²) in [6.45, 7) is 4.04. The second kappa shape index (κ2) is 5.36. The van der Waals surface area contributed by atoms with Crippen LogP contribution in [-0.2, 0) is 5.79 Å². The Bertz CT molecular complexity index is 730. The number of hydrogen-bond donors (Lipinski definition) is 3. The van der Waals surface area contributed by atoms with Gasteiger partial charge in [0.25, 0.3) is 0 Å². The van der Waals surface area contributed by atoms with Crippen LogP contribution in [0.15, 0.2) is 35.6 Å². The Labute approximate surface area is 135 Å². The first-order valence-corrected chi connectivity index (χ1v) is 7.84. The van der Waals surface area contributed by atoms with Crippen molar-refractivity contribution >= 4 is 17.9 Å². The first kappa shape index (κ1) is 14.2. The van der Waals surface area contributed by atoms with Gasteiger partial charge in [-0.3, -0.25) is 5.73 Å². The van der Waals surface area contributed by atoms with Crippen LogP contribution in [-0.4, -0.2) is 54.3 Å². The number of pyridine rings is 1. The minimum Gasteiger partial charge on any atom is -0.354 e. The zero-order valence-corrected chi connectivity index (χ0v) is 13.2. The monoisotopic (exact) mass is 311 g/mol. The third-order valence-corrected chi connectivity index (χ3v) is 4.51. The normalized spacial score (nSPS) is 24.3. The van der Waals surface area contributed by atoms with E-state index in [0.717, 1.165) is 48.9 Å². The van der Waals surface area contributed by atoms with Crippen molar-refractivity contribution in [3.63, 3.8) is 0 Å². The van der Waals surface area contributed by atoms with Crippen molar-refractivity contribution in [2.24, 2.45) is 10.7 Å². The van der Waals surface area contributed by atoms with Crippen LogP contribution in [0, 0.1) is 0 Å². The van der Waals surface area contributed by atoms with Gasteiger partial charge in [-0.2, -0.15) is 0 Å². The van der Waals surface area contributed by atoms with Crippen molar-refractivity contribution in [2.75, 3.05) is 43.4 Å². The Morgan fingerprint density at radius 3 is 2.87 bits per heavy atom.